The van der Waals surface area contributed by atoms with Crippen molar-refractivity contribution < 1.29 is 22.7 Å². The molecule has 0 aliphatic carbocycles. The third-order valence-electron chi connectivity index (χ3n) is 3.75. The van der Waals surface area contributed by atoms with E-state index in [1.54, 1.807) is 21.0 Å². The van der Waals surface area contributed by atoms with Gasteiger partial charge in [-0.15, -0.1) is 0 Å². The number of benzene rings is 1. The highest BCUT2D eigenvalue weighted by atomic mass is 32.2. The third-order valence-corrected chi connectivity index (χ3v) is 5.75. The van der Waals surface area contributed by atoms with Crippen molar-refractivity contribution in [3.8, 4) is 0 Å². The molecule has 2 amide bonds. The summed E-state index contributed by atoms with van der Waals surface area (Å²) in [6.45, 7) is 5.48. The molecule has 0 saturated heterocycles. The summed E-state index contributed by atoms with van der Waals surface area (Å²) in [5.74, 6) is -0.943. The first-order valence-electron chi connectivity index (χ1n) is 8.01. The summed E-state index contributed by atoms with van der Waals surface area (Å²) in [5, 5.41) is 5.79. The molecular weight excluding hydrogens is 346 g/mol. The number of nitrogens with zero attached hydrogens (tertiary/aromatic N) is 1. The predicted octanol–water partition coefficient (Wildman–Crippen LogP) is 0.205. The fraction of sp³-hybridized carbons (Fsp3) is 0.500. The van der Waals surface area contributed by atoms with Gasteiger partial charge in [0.15, 0.2) is 0 Å². The average molecular weight is 369 g/mol. The lowest BCUT2D eigenvalue weighted by molar-refractivity contribution is 0.0845. The summed E-state index contributed by atoms with van der Waals surface area (Å²) >= 11 is 0. The van der Waals surface area contributed by atoms with Gasteiger partial charge in [-0.25, -0.2) is 12.7 Å². The maximum Gasteiger partial charge on any atom is 0.269 e. The number of methoxy groups -OCH3 is 1. The molecule has 8 nitrogen and oxygen atoms in total. The third kappa shape index (κ3) is 4.00. The van der Waals surface area contributed by atoms with Crippen LogP contribution in [0.15, 0.2) is 23.1 Å². The van der Waals surface area contributed by atoms with Crippen molar-refractivity contribution in [2.45, 2.75) is 24.8 Å². The molecule has 0 saturated carbocycles. The zero-order valence-corrected chi connectivity index (χ0v) is 15.4. The molecule has 1 aliphatic rings. The second kappa shape index (κ2) is 7.94. The highest BCUT2D eigenvalue weighted by molar-refractivity contribution is 7.90. The van der Waals surface area contributed by atoms with Gasteiger partial charge in [-0.3, -0.25) is 9.59 Å². The first kappa shape index (κ1) is 19.4. The highest BCUT2D eigenvalue weighted by Crippen LogP contribution is 2.32. The smallest absolute Gasteiger partial charge is 0.269 e. The maximum absolute atomic E-state index is 12.5. The van der Waals surface area contributed by atoms with E-state index in [2.05, 4.69) is 10.6 Å². The fourth-order valence-corrected chi connectivity index (χ4v) is 4.36. The Bertz CT molecular complexity index is 761. The molecule has 1 aliphatic heterocycles. The Morgan fingerprint density at radius 3 is 2.60 bits per heavy atom. The van der Waals surface area contributed by atoms with E-state index >= 15 is 0 Å². The van der Waals surface area contributed by atoms with E-state index < -0.39 is 22.0 Å². The van der Waals surface area contributed by atoms with E-state index in [1.807, 2.05) is 0 Å². The van der Waals surface area contributed by atoms with Crippen molar-refractivity contribution in [2.75, 3.05) is 33.4 Å². The highest BCUT2D eigenvalue weighted by Gasteiger charge is 2.42. The Morgan fingerprint density at radius 1 is 1.24 bits per heavy atom. The number of nitrogens with one attached hydrogen (secondary N) is 2. The van der Waals surface area contributed by atoms with Gasteiger partial charge < -0.3 is 15.4 Å². The van der Waals surface area contributed by atoms with Gasteiger partial charge in [0.1, 0.15) is 4.90 Å². The molecule has 0 radical (unpaired) electrons. The molecule has 0 atom stereocenters. The molecule has 0 bridgehead atoms. The topological polar surface area (TPSA) is 105 Å². The monoisotopic (exact) mass is 369 g/mol. The van der Waals surface area contributed by atoms with Crippen LogP contribution in [-0.4, -0.2) is 63.9 Å². The number of ether oxygens (including phenoxy) is 1. The molecular formula is C16H23N3O5S. The van der Waals surface area contributed by atoms with E-state index in [9.17, 15) is 18.0 Å². The normalized spacial score (nSPS) is 15.5. The largest absolute Gasteiger partial charge is 0.383 e. The average Bonchev–Trinajstić information content (AvgIpc) is 2.76. The lowest BCUT2D eigenvalue weighted by Crippen LogP contribution is -2.36. The summed E-state index contributed by atoms with van der Waals surface area (Å²) in [6, 6.07) is 3.63. The Balaban J connectivity index is 2.08. The van der Waals surface area contributed by atoms with E-state index in [4.69, 9.17) is 4.74 Å². The van der Waals surface area contributed by atoms with Crippen LogP contribution in [0.1, 0.15) is 34.6 Å². The van der Waals surface area contributed by atoms with E-state index in [-0.39, 0.29) is 21.9 Å². The van der Waals surface area contributed by atoms with Gasteiger partial charge >= 0.3 is 0 Å². The molecule has 25 heavy (non-hydrogen) atoms. The molecule has 1 heterocycles. The summed E-state index contributed by atoms with van der Waals surface area (Å²) in [5.41, 5.74) is 0.309. The second-order valence-corrected chi connectivity index (χ2v) is 7.69. The Hall–Kier alpha value is -1.97. The van der Waals surface area contributed by atoms with Crippen molar-refractivity contribution in [3.63, 3.8) is 0 Å². The molecule has 1 aromatic carbocycles. The molecule has 0 aromatic heterocycles. The van der Waals surface area contributed by atoms with E-state index in [0.29, 0.717) is 26.2 Å². The predicted molar refractivity (Wildman–Crippen MR) is 92.0 cm³/mol. The van der Waals surface area contributed by atoms with Crippen LogP contribution in [0, 0.1) is 0 Å². The van der Waals surface area contributed by atoms with Gasteiger partial charge in [-0.05, 0) is 32.0 Å². The van der Waals surface area contributed by atoms with Gasteiger partial charge in [-0.2, -0.15) is 0 Å². The van der Waals surface area contributed by atoms with Crippen LogP contribution in [0.2, 0.25) is 0 Å². The van der Waals surface area contributed by atoms with Crippen LogP contribution in [0.4, 0.5) is 0 Å². The second-order valence-electron chi connectivity index (χ2n) is 5.91. The quantitative estimate of drug-likeness (QED) is 0.635. The molecule has 0 unspecified atom stereocenters. The van der Waals surface area contributed by atoms with Crippen molar-refractivity contribution >= 4 is 21.8 Å². The Labute approximate surface area is 147 Å². The minimum absolute atomic E-state index is 0.103. The molecule has 1 aromatic rings. The number of sulfonamides is 1. The van der Waals surface area contributed by atoms with Crippen LogP contribution >= 0.6 is 0 Å². The lowest BCUT2D eigenvalue weighted by Gasteiger charge is -2.18. The number of rotatable bonds is 8. The van der Waals surface area contributed by atoms with E-state index in [1.165, 1.54) is 18.2 Å². The van der Waals surface area contributed by atoms with Gasteiger partial charge in [0.05, 0.1) is 12.2 Å². The van der Waals surface area contributed by atoms with Crippen LogP contribution in [0.25, 0.3) is 0 Å². The van der Waals surface area contributed by atoms with Crippen LogP contribution in [-0.2, 0) is 14.8 Å². The SMILES string of the molecule is COCCNCCNC(=O)c1ccc2c(c1)S(=O)(=O)N(C(C)C)C2=O. The van der Waals surface area contributed by atoms with E-state index in [0.717, 1.165) is 4.31 Å². The maximum atomic E-state index is 12.5. The number of carbonyl (C=O) groups is 2. The zero-order chi connectivity index (χ0) is 18.6. The molecule has 0 spiro atoms. The minimum Gasteiger partial charge on any atom is -0.383 e. The van der Waals surface area contributed by atoms with Crippen LogP contribution < -0.4 is 10.6 Å². The number of carbonyl (C=O) groups excluding carboxylic acids is 2. The van der Waals surface area contributed by atoms with Crippen molar-refractivity contribution in [1.29, 1.82) is 0 Å². The van der Waals surface area contributed by atoms with Crippen LogP contribution in [0.3, 0.4) is 0 Å². The molecule has 2 N–H and O–H groups in total. The van der Waals surface area contributed by atoms with Crippen molar-refractivity contribution in [3.05, 3.63) is 29.3 Å². The van der Waals surface area contributed by atoms with Gasteiger partial charge in [0, 0.05) is 38.3 Å². The zero-order valence-electron chi connectivity index (χ0n) is 14.5. The summed E-state index contributed by atoms with van der Waals surface area (Å²) in [7, 11) is -2.30. The summed E-state index contributed by atoms with van der Waals surface area (Å²) in [6.07, 6.45) is 0. The molecule has 2 rings (SSSR count). The van der Waals surface area contributed by atoms with Crippen molar-refractivity contribution in [2.24, 2.45) is 0 Å². The minimum atomic E-state index is -3.91. The fourth-order valence-electron chi connectivity index (χ4n) is 2.57. The standard InChI is InChI=1S/C16H23N3O5S/c1-11(2)19-16(21)13-5-4-12(10-14(13)25(19,22)23)15(20)18-7-6-17-8-9-24-3/h4-5,10-11,17H,6-9H2,1-3H3,(H,18,20). The summed E-state index contributed by atoms with van der Waals surface area (Å²) < 4.78 is 30.8. The van der Waals surface area contributed by atoms with Crippen LogP contribution in [0.5, 0.6) is 0 Å². The molecule has 0 fully saturated rings. The Kier molecular flexibility index (Phi) is 6.15. The number of fused-ring (bicyclic) bond motifs is 1. The first-order valence-corrected chi connectivity index (χ1v) is 9.45. The number of hydrogen-bond donors (Lipinski definition) is 2. The van der Waals surface area contributed by atoms with Gasteiger partial charge in [0.25, 0.3) is 21.8 Å². The number of hydrogen-bond acceptors (Lipinski definition) is 6. The first-order chi connectivity index (χ1) is 11.8. The van der Waals surface area contributed by atoms with Gasteiger partial charge in [-0.1, -0.05) is 0 Å². The van der Waals surface area contributed by atoms with Crippen molar-refractivity contribution in [1.82, 2.24) is 14.9 Å². The summed E-state index contributed by atoms with van der Waals surface area (Å²) in [4.78, 5) is 24.3. The lowest BCUT2D eigenvalue weighted by atomic mass is 10.1. The molecule has 9 heteroatoms. The number of amides is 2. The Morgan fingerprint density at radius 2 is 1.96 bits per heavy atom. The molecule has 138 valence electrons. The van der Waals surface area contributed by atoms with Gasteiger partial charge in [0.2, 0.25) is 0 Å².